The fourth-order valence-electron chi connectivity index (χ4n) is 4.42. The summed E-state index contributed by atoms with van der Waals surface area (Å²) in [7, 11) is 1.77. The largest absolute Gasteiger partial charge is 0.378 e. The van der Waals surface area contributed by atoms with Crippen molar-refractivity contribution in [3.63, 3.8) is 0 Å². The zero-order valence-electron chi connectivity index (χ0n) is 20.7. The van der Waals surface area contributed by atoms with Gasteiger partial charge in [-0.25, -0.2) is 4.98 Å². The Morgan fingerprint density at radius 1 is 1.03 bits per heavy atom. The molecule has 0 bridgehead atoms. The van der Waals surface area contributed by atoms with Crippen LogP contribution in [0.1, 0.15) is 32.3 Å². The minimum absolute atomic E-state index is 0.109. The van der Waals surface area contributed by atoms with Crippen LogP contribution >= 0.6 is 0 Å². The molecule has 1 unspecified atom stereocenters. The summed E-state index contributed by atoms with van der Waals surface area (Å²) in [6.07, 6.45) is 7.68. The monoisotopic (exact) mass is 472 g/mol. The van der Waals surface area contributed by atoms with Gasteiger partial charge in [-0.3, -0.25) is 9.67 Å². The Labute approximate surface area is 205 Å². The number of methoxy groups -OCH3 is 1. The van der Waals surface area contributed by atoms with Crippen LogP contribution in [-0.2, 0) is 11.3 Å². The second kappa shape index (κ2) is 10.1. The summed E-state index contributed by atoms with van der Waals surface area (Å²) in [5, 5.41) is 16.1. The Balaban J connectivity index is 1.31. The van der Waals surface area contributed by atoms with Crippen molar-refractivity contribution < 1.29 is 4.74 Å². The Morgan fingerprint density at radius 2 is 1.89 bits per heavy atom. The lowest BCUT2D eigenvalue weighted by Crippen LogP contribution is -2.49. The van der Waals surface area contributed by atoms with Gasteiger partial charge in [-0.1, -0.05) is 20.8 Å². The van der Waals surface area contributed by atoms with E-state index in [1.54, 1.807) is 13.3 Å². The third kappa shape index (κ3) is 5.47. The molecular weight excluding hydrogens is 440 g/mol. The standard InChI is InChI=1S/C26H32N8O/c1-17(2)19-8-26(32-28-10-19)31-25-6-5-23-24(30-25)7-20(9-27-23)21-11-29-34(14-21)16-22(35-4)15-33-12-18(3)13-33/h5-11,14,17-18,22H,12-13,15-16H2,1-4H3,(H,30,31,32). The molecule has 0 amide bonds. The summed E-state index contributed by atoms with van der Waals surface area (Å²) in [6.45, 7) is 10.5. The fourth-order valence-corrected chi connectivity index (χ4v) is 4.42. The maximum atomic E-state index is 5.71. The van der Waals surface area contributed by atoms with Gasteiger partial charge in [0.05, 0.1) is 36.1 Å². The summed E-state index contributed by atoms with van der Waals surface area (Å²) in [5.74, 6) is 2.54. The average Bonchev–Trinajstić information content (AvgIpc) is 3.30. The number of fused-ring (bicyclic) bond motifs is 1. The number of anilines is 2. The van der Waals surface area contributed by atoms with Gasteiger partial charge in [0.15, 0.2) is 5.82 Å². The lowest BCUT2D eigenvalue weighted by molar-refractivity contribution is 0.0119. The van der Waals surface area contributed by atoms with Crippen LogP contribution in [0.25, 0.3) is 22.2 Å². The van der Waals surface area contributed by atoms with Crippen molar-refractivity contribution >= 4 is 22.7 Å². The Morgan fingerprint density at radius 3 is 2.66 bits per heavy atom. The summed E-state index contributed by atoms with van der Waals surface area (Å²) in [5.41, 5.74) is 4.73. The molecule has 0 spiro atoms. The van der Waals surface area contributed by atoms with Gasteiger partial charge in [0.2, 0.25) is 0 Å². The molecule has 1 aliphatic heterocycles. The zero-order chi connectivity index (χ0) is 24.4. The SMILES string of the molecule is COC(CN1CC(C)C1)Cn1cc(-c2cnc3ccc(Nc4cc(C(C)C)cnn4)nc3c2)cn1. The van der Waals surface area contributed by atoms with E-state index in [1.807, 2.05) is 47.5 Å². The summed E-state index contributed by atoms with van der Waals surface area (Å²) >= 11 is 0. The molecule has 1 atom stereocenters. The van der Waals surface area contributed by atoms with Crippen molar-refractivity contribution in [2.24, 2.45) is 5.92 Å². The highest BCUT2D eigenvalue weighted by Crippen LogP contribution is 2.24. The van der Waals surface area contributed by atoms with Gasteiger partial charge in [-0.2, -0.15) is 10.2 Å². The first-order chi connectivity index (χ1) is 17.0. The number of nitrogens with one attached hydrogen (secondary N) is 1. The van der Waals surface area contributed by atoms with Crippen LogP contribution in [0.5, 0.6) is 0 Å². The van der Waals surface area contributed by atoms with Crippen molar-refractivity contribution in [3.05, 3.63) is 54.6 Å². The van der Waals surface area contributed by atoms with E-state index in [4.69, 9.17) is 9.72 Å². The van der Waals surface area contributed by atoms with E-state index in [2.05, 4.69) is 51.3 Å². The fraction of sp³-hybridized carbons (Fsp3) is 0.423. The first-order valence-corrected chi connectivity index (χ1v) is 12.1. The molecule has 0 aliphatic carbocycles. The maximum Gasteiger partial charge on any atom is 0.154 e. The first kappa shape index (κ1) is 23.3. The van der Waals surface area contributed by atoms with Gasteiger partial charge in [-0.05, 0) is 41.7 Å². The number of pyridine rings is 2. The summed E-state index contributed by atoms with van der Waals surface area (Å²) < 4.78 is 7.66. The van der Waals surface area contributed by atoms with Gasteiger partial charge in [-0.15, -0.1) is 5.10 Å². The van der Waals surface area contributed by atoms with Gasteiger partial charge >= 0.3 is 0 Å². The molecule has 9 nitrogen and oxygen atoms in total. The van der Waals surface area contributed by atoms with Crippen molar-refractivity contribution in [1.29, 1.82) is 0 Å². The van der Waals surface area contributed by atoms with E-state index < -0.39 is 0 Å². The first-order valence-electron chi connectivity index (χ1n) is 12.1. The van der Waals surface area contributed by atoms with Crippen LogP contribution in [0, 0.1) is 5.92 Å². The molecule has 4 aromatic heterocycles. The number of rotatable bonds is 9. The number of hydrogen-bond acceptors (Lipinski definition) is 8. The Kier molecular flexibility index (Phi) is 6.70. The second-order valence-electron chi connectivity index (χ2n) is 9.75. The predicted molar refractivity (Wildman–Crippen MR) is 137 cm³/mol. The van der Waals surface area contributed by atoms with Crippen LogP contribution < -0.4 is 5.32 Å². The van der Waals surface area contributed by atoms with Gasteiger partial charge in [0.25, 0.3) is 0 Å². The van der Waals surface area contributed by atoms with Crippen molar-refractivity contribution in [2.75, 3.05) is 32.1 Å². The molecule has 182 valence electrons. The minimum atomic E-state index is 0.109. The molecule has 1 aliphatic rings. The molecule has 35 heavy (non-hydrogen) atoms. The van der Waals surface area contributed by atoms with Crippen LogP contribution in [0.4, 0.5) is 11.6 Å². The van der Waals surface area contributed by atoms with E-state index >= 15 is 0 Å². The predicted octanol–water partition coefficient (Wildman–Crippen LogP) is 4.12. The van der Waals surface area contributed by atoms with Crippen molar-refractivity contribution in [2.45, 2.75) is 39.3 Å². The summed E-state index contributed by atoms with van der Waals surface area (Å²) in [6, 6.07) is 7.90. The molecule has 1 fully saturated rings. The molecule has 0 radical (unpaired) electrons. The number of likely N-dealkylation sites (tertiary alicyclic amines) is 1. The molecule has 0 aromatic carbocycles. The number of nitrogens with zero attached hydrogens (tertiary/aromatic N) is 7. The molecule has 1 saturated heterocycles. The van der Waals surface area contributed by atoms with E-state index in [0.29, 0.717) is 24.1 Å². The minimum Gasteiger partial charge on any atom is -0.378 e. The molecule has 5 rings (SSSR count). The van der Waals surface area contributed by atoms with Crippen molar-refractivity contribution in [1.82, 2.24) is 34.8 Å². The molecular formula is C26H32N8O. The lowest BCUT2D eigenvalue weighted by Gasteiger charge is -2.38. The highest BCUT2D eigenvalue weighted by molar-refractivity contribution is 5.81. The average molecular weight is 473 g/mol. The molecule has 4 aromatic rings. The Bertz CT molecular complexity index is 1300. The molecule has 5 heterocycles. The van der Waals surface area contributed by atoms with Crippen LogP contribution in [-0.4, -0.2) is 67.7 Å². The third-order valence-electron chi connectivity index (χ3n) is 6.43. The van der Waals surface area contributed by atoms with E-state index in [-0.39, 0.29) is 6.10 Å². The van der Waals surface area contributed by atoms with Crippen LogP contribution in [0.3, 0.4) is 0 Å². The normalized spacial score (nSPS) is 15.5. The number of hydrogen-bond donors (Lipinski definition) is 1. The van der Waals surface area contributed by atoms with Gasteiger partial charge in [0, 0.05) is 50.3 Å². The van der Waals surface area contributed by atoms with Crippen molar-refractivity contribution in [3.8, 4) is 11.1 Å². The number of ether oxygens (including phenoxy) is 1. The smallest absolute Gasteiger partial charge is 0.154 e. The van der Waals surface area contributed by atoms with E-state index in [1.165, 1.54) is 0 Å². The maximum absolute atomic E-state index is 5.71. The lowest BCUT2D eigenvalue weighted by atomic mass is 10.0. The third-order valence-corrected chi connectivity index (χ3v) is 6.43. The molecule has 1 N–H and O–H groups in total. The van der Waals surface area contributed by atoms with E-state index in [0.717, 1.165) is 53.3 Å². The summed E-state index contributed by atoms with van der Waals surface area (Å²) in [4.78, 5) is 11.8. The number of aromatic nitrogens is 6. The quantitative estimate of drug-likeness (QED) is 0.389. The van der Waals surface area contributed by atoms with Crippen LogP contribution in [0.2, 0.25) is 0 Å². The van der Waals surface area contributed by atoms with Gasteiger partial charge < -0.3 is 15.0 Å². The molecule has 0 saturated carbocycles. The molecule has 9 heteroatoms. The topological polar surface area (TPSA) is 93.9 Å². The van der Waals surface area contributed by atoms with Crippen LogP contribution in [0.15, 0.2) is 49.1 Å². The van der Waals surface area contributed by atoms with E-state index in [9.17, 15) is 0 Å². The Hall–Kier alpha value is -3.43. The highest BCUT2D eigenvalue weighted by Gasteiger charge is 2.25. The zero-order valence-corrected chi connectivity index (χ0v) is 20.7. The second-order valence-corrected chi connectivity index (χ2v) is 9.75. The highest BCUT2D eigenvalue weighted by atomic mass is 16.5. The van der Waals surface area contributed by atoms with Gasteiger partial charge in [0.1, 0.15) is 5.82 Å².